The van der Waals surface area contributed by atoms with Crippen LogP contribution in [0, 0.1) is 0 Å². The Morgan fingerprint density at radius 1 is 0.424 bits per heavy atom. The average molecular weight is 775 g/mol. The van der Waals surface area contributed by atoms with Gasteiger partial charge >= 0.3 is 0 Å². The summed E-state index contributed by atoms with van der Waals surface area (Å²) in [6, 6.07) is 35.8. The van der Waals surface area contributed by atoms with Crippen molar-refractivity contribution in [3.63, 3.8) is 0 Å². The second-order valence-corrected chi connectivity index (χ2v) is 16.6. The lowest BCUT2D eigenvalue weighted by Crippen LogP contribution is -2.01. The van der Waals surface area contributed by atoms with Crippen molar-refractivity contribution in [2.75, 3.05) is 0 Å². The normalized spacial score (nSPS) is 13.4. The number of allylic oxidation sites excluding steroid dienone is 4. The zero-order chi connectivity index (χ0) is 40.0. The monoisotopic (exact) mass is 774 g/mol. The Balaban J connectivity index is 1.14. The molecule has 5 nitrogen and oxygen atoms in total. The molecule has 8 aromatic rings. The Bertz CT molecular complexity index is 2770. The summed E-state index contributed by atoms with van der Waals surface area (Å²) in [6.45, 7) is 9.17. The van der Waals surface area contributed by atoms with Gasteiger partial charge in [-0.05, 0) is 122 Å². The van der Waals surface area contributed by atoms with Crippen LogP contribution in [0.4, 0.5) is 0 Å². The van der Waals surface area contributed by atoms with Crippen LogP contribution in [0.15, 0.2) is 109 Å². The third-order valence-electron chi connectivity index (χ3n) is 12.9. The van der Waals surface area contributed by atoms with Crippen molar-refractivity contribution in [3.8, 4) is 23.1 Å². The Labute approximate surface area is 348 Å². The van der Waals surface area contributed by atoms with Gasteiger partial charge in [0.2, 0.25) is 0 Å². The number of para-hydroxylation sites is 2. The Morgan fingerprint density at radius 2 is 0.814 bits per heavy atom. The Morgan fingerprint density at radius 3 is 1.22 bits per heavy atom. The molecule has 0 saturated heterocycles. The zero-order valence-electron chi connectivity index (χ0n) is 35.1. The number of ether oxygens (including phenoxy) is 1. The molecule has 0 atom stereocenters. The van der Waals surface area contributed by atoms with Crippen LogP contribution in [0.5, 0.6) is 11.5 Å². The van der Waals surface area contributed by atoms with E-state index in [-0.39, 0.29) is 0 Å². The van der Waals surface area contributed by atoms with Gasteiger partial charge in [-0.2, -0.15) is 0 Å². The molecule has 2 aliphatic rings. The molecule has 4 aromatic carbocycles. The van der Waals surface area contributed by atoms with E-state index in [1.54, 1.807) is 0 Å². The van der Waals surface area contributed by atoms with Gasteiger partial charge in [-0.3, -0.25) is 9.13 Å². The smallest absolute Gasteiger partial charge is 0.145 e. The van der Waals surface area contributed by atoms with Crippen LogP contribution < -0.4 is 4.74 Å². The summed E-state index contributed by atoms with van der Waals surface area (Å²) in [5.74, 6) is 3.64. The highest BCUT2D eigenvalue weighted by molar-refractivity contribution is 6.17. The molecule has 59 heavy (non-hydrogen) atoms. The molecule has 0 saturated carbocycles. The van der Waals surface area contributed by atoms with Gasteiger partial charge in [0.05, 0.1) is 22.1 Å². The second-order valence-electron chi connectivity index (χ2n) is 16.6. The highest BCUT2D eigenvalue weighted by Crippen LogP contribution is 2.48. The molecule has 5 heteroatoms. The summed E-state index contributed by atoms with van der Waals surface area (Å²) >= 11 is 0. The molecule has 0 amide bonds. The van der Waals surface area contributed by atoms with Gasteiger partial charge < -0.3 is 4.74 Å². The molecule has 0 aliphatic carbocycles. The zero-order valence-corrected chi connectivity index (χ0v) is 35.1. The highest BCUT2D eigenvalue weighted by Gasteiger charge is 2.29. The fourth-order valence-corrected chi connectivity index (χ4v) is 10.1. The van der Waals surface area contributed by atoms with Crippen LogP contribution in [0.1, 0.15) is 127 Å². The van der Waals surface area contributed by atoms with Gasteiger partial charge in [0.15, 0.2) is 0 Å². The summed E-state index contributed by atoms with van der Waals surface area (Å²) in [5, 5.41) is 4.95. The predicted octanol–water partition coefficient (Wildman–Crippen LogP) is 15.7. The van der Waals surface area contributed by atoms with Crippen molar-refractivity contribution in [3.05, 3.63) is 132 Å². The molecule has 0 bridgehead atoms. The number of hydrogen-bond acceptors (Lipinski definition) is 3. The maximum atomic E-state index is 6.93. The minimum atomic E-state index is 0.807. The fraction of sp³-hybridized carbons (Fsp3) is 0.296. The molecule has 296 valence electrons. The number of benzene rings is 4. The average Bonchev–Trinajstić information content (AvgIpc) is 3.70. The molecule has 0 unspecified atom stereocenters. The van der Waals surface area contributed by atoms with E-state index in [0.29, 0.717) is 0 Å². The minimum absolute atomic E-state index is 0.807. The SMILES string of the molecule is CCCCC1=C(CCCC)c2cccc3c4ccc(Oc5ccc6c7cccc8c7n(c6c5)-c5ncccc5C(CCCC)=C8CCCC)cc4n(c23)-c2ncccc21. The minimum Gasteiger partial charge on any atom is -0.457 e. The number of pyridine rings is 2. The van der Waals surface area contributed by atoms with E-state index >= 15 is 0 Å². The molecule has 0 fully saturated rings. The van der Waals surface area contributed by atoms with Gasteiger partial charge in [-0.1, -0.05) is 89.8 Å². The first-order valence-electron chi connectivity index (χ1n) is 22.3. The van der Waals surface area contributed by atoms with Gasteiger partial charge in [0.1, 0.15) is 23.1 Å². The summed E-state index contributed by atoms with van der Waals surface area (Å²) < 4.78 is 11.8. The summed E-state index contributed by atoms with van der Waals surface area (Å²) in [7, 11) is 0. The van der Waals surface area contributed by atoms with Crippen LogP contribution in [0.2, 0.25) is 0 Å². The van der Waals surface area contributed by atoms with Crippen LogP contribution in [0.25, 0.3) is 77.5 Å². The first-order valence-corrected chi connectivity index (χ1v) is 22.3. The van der Waals surface area contributed by atoms with Gasteiger partial charge in [-0.25, -0.2) is 9.97 Å². The molecule has 2 aliphatic heterocycles. The van der Waals surface area contributed by atoms with E-state index in [2.05, 4.69) is 134 Å². The van der Waals surface area contributed by atoms with E-state index in [4.69, 9.17) is 14.7 Å². The van der Waals surface area contributed by atoms with E-state index in [1.165, 1.54) is 77.1 Å². The first kappa shape index (κ1) is 37.3. The van der Waals surface area contributed by atoms with Crippen LogP contribution >= 0.6 is 0 Å². The first-order chi connectivity index (χ1) is 29.1. The maximum absolute atomic E-state index is 6.93. The van der Waals surface area contributed by atoms with E-state index < -0.39 is 0 Å². The van der Waals surface area contributed by atoms with E-state index in [9.17, 15) is 0 Å². The van der Waals surface area contributed by atoms with Crippen molar-refractivity contribution in [1.82, 2.24) is 19.1 Å². The van der Waals surface area contributed by atoms with Crippen molar-refractivity contribution in [2.45, 2.75) is 105 Å². The molecular formula is C54H54N4O. The summed E-state index contributed by atoms with van der Waals surface area (Å²) in [5.41, 5.74) is 15.8. The molecule has 0 N–H and O–H groups in total. The fourth-order valence-electron chi connectivity index (χ4n) is 10.1. The number of hydrogen-bond donors (Lipinski definition) is 0. The van der Waals surface area contributed by atoms with Crippen molar-refractivity contribution in [2.24, 2.45) is 0 Å². The topological polar surface area (TPSA) is 44.9 Å². The molecule has 10 rings (SSSR count). The summed E-state index contributed by atoms with van der Waals surface area (Å²) in [6.07, 6.45) is 17.4. The van der Waals surface area contributed by atoms with Gasteiger partial charge in [0.25, 0.3) is 0 Å². The number of rotatable bonds is 14. The van der Waals surface area contributed by atoms with Gasteiger partial charge in [0, 0.05) is 68.3 Å². The molecule has 0 spiro atoms. The largest absolute Gasteiger partial charge is 0.457 e. The third-order valence-corrected chi connectivity index (χ3v) is 12.9. The van der Waals surface area contributed by atoms with Crippen molar-refractivity contribution in [1.29, 1.82) is 0 Å². The van der Waals surface area contributed by atoms with Crippen molar-refractivity contribution < 1.29 is 4.74 Å². The molecule has 4 aromatic heterocycles. The maximum Gasteiger partial charge on any atom is 0.145 e. The lowest BCUT2D eigenvalue weighted by atomic mass is 9.88. The summed E-state index contributed by atoms with van der Waals surface area (Å²) in [4.78, 5) is 10.3. The number of aromatic nitrogens is 4. The molecule has 0 radical (unpaired) electrons. The van der Waals surface area contributed by atoms with Crippen LogP contribution in [-0.2, 0) is 0 Å². The van der Waals surface area contributed by atoms with E-state index in [1.807, 2.05) is 12.4 Å². The number of unbranched alkanes of at least 4 members (excludes halogenated alkanes) is 4. The third kappa shape index (κ3) is 6.12. The lowest BCUT2D eigenvalue weighted by molar-refractivity contribution is 0.484. The molecular weight excluding hydrogens is 721 g/mol. The molecule has 6 heterocycles. The number of fused-ring (bicyclic) bond motifs is 10. The highest BCUT2D eigenvalue weighted by atomic mass is 16.5. The van der Waals surface area contributed by atoms with Gasteiger partial charge in [-0.15, -0.1) is 0 Å². The van der Waals surface area contributed by atoms with Crippen LogP contribution in [0.3, 0.4) is 0 Å². The predicted molar refractivity (Wildman–Crippen MR) is 249 cm³/mol. The quantitative estimate of drug-likeness (QED) is 0.111. The lowest BCUT2D eigenvalue weighted by Gasteiger charge is -2.16. The number of nitrogens with zero attached hydrogens (tertiary/aromatic N) is 4. The Kier molecular flexibility index (Phi) is 9.92. The second kappa shape index (κ2) is 15.7. The van der Waals surface area contributed by atoms with Crippen LogP contribution in [-0.4, -0.2) is 19.1 Å². The van der Waals surface area contributed by atoms with E-state index in [0.717, 1.165) is 111 Å². The Hall–Kier alpha value is -5.94. The standard InChI is InChI=1S/C54H54N4O/c1-5-9-17-37-39(19-11-7-3)47-25-15-31-55-53(47)57-49-33-35(27-29-41(49)45-23-13-21-43(37)51(45)57)59-36-28-30-42-46-24-14-22-44-38(18-10-6-2)40(20-12-8-4)48-26-16-32-56-54(48)58(52(44)46)50(42)34-36/h13-16,21-34H,5-12,17-20H2,1-4H3. The van der Waals surface area contributed by atoms with Crippen molar-refractivity contribution >= 4 is 65.9 Å².